The number of rotatable bonds is 9. The van der Waals surface area contributed by atoms with Gasteiger partial charge in [-0.15, -0.1) is 0 Å². The summed E-state index contributed by atoms with van der Waals surface area (Å²) >= 11 is 0. The van der Waals surface area contributed by atoms with E-state index < -0.39 is 28.5 Å². The second-order valence-electron chi connectivity index (χ2n) is 6.40. The Hall–Kier alpha value is -3.49. The average molecular weight is 425 g/mol. The van der Waals surface area contributed by atoms with Crippen LogP contribution >= 0.6 is 0 Å². The zero-order valence-electron chi connectivity index (χ0n) is 15.8. The molecule has 7 nitrogen and oxygen atoms in total. The number of carboxylic acid groups (broad SMARTS) is 1. The fourth-order valence-electron chi connectivity index (χ4n) is 2.80. The Labute approximate surface area is 174 Å². The summed E-state index contributed by atoms with van der Waals surface area (Å²) in [5.74, 6) is -0.815. The summed E-state index contributed by atoms with van der Waals surface area (Å²) in [6.07, 6.45) is -0.413. The van der Waals surface area contributed by atoms with Crippen LogP contribution in [-0.4, -0.2) is 31.8 Å². The van der Waals surface area contributed by atoms with E-state index in [1.165, 1.54) is 18.2 Å². The van der Waals surface area contributed by atoms with Crippen LogP contribution in [0.1, 0.15) is 6.42 Å². The molecule has 0 aliphatic heterocycles. The molecule has 0 spiro atoms. The first-order valence-corrected chi connectivity index (χ1v) is 10.5. The van der Waals surface area contributed by atoms with Gasteiger partial charge in [-0.2, -0.15) is 0 Å². The molecule has 0 saturated heterocycles. The monoisotopic (exact) mass is 425 g/mol. The van der Waals surface area contributed by atoms with Crippen molar-refractivity contribution in [3.8, 4) is 22.6 Å². The fourth-order valence-corrected chi connectivity index (χ4v) is 4.09. The van der Waals surface area contributed by atoms with E-state index in [2.05, 4.69) is 4.72 Å². The van der Waals surface area contributed by atoms with Gasteiger partial charge in [-0.25, -0.2) is 13.1 Å². The highest BCUT2D eigenvalue weighted by molar-refractivity contribution is 7.89. The molecule has 3 aromatic rings. The SMILES string of the molecule is O=C[C@H](CC(=O)O)NS(=O)(=O)c1ccccc1Oc1ccc(-c2ccccc2)cc1. The van der Waals surface area contributed by atoms with Crippen molar-refractivity contribution >= 4 is 22.3 Å². The van der Waals surface area contributed by atoms with Crippen LogP contribution < -0.4 is 9.46 Å². The van der Waals surface area contributed by atoms with Crippen molar-refractivity contribution < 1.29 is 27.9 Å². The van der Waals surface area contributed by atoms with Gasteiger partial charge in [-0.3, -0.25) is 4.79 Å². The Morgan fingerprint density at radius 1 is 0.933 bits per heavy atom. The van der Waals surface area contributed by atoms with Gasteiger partial charge in [0.15, 0.2) is 0 Å². The van der Waals surface area contributed by atoms with Crippen LogP contribution in [0.2, 0.25) is 0 Å². The van der Waals surface area contributed by atoms with E-state index >= 15 is 0 Å². The van der Waals surface area contributed by atoms with Crippen molar-refractivity contribution in [2.45, 2.75) is 17.4 Å². The number of hydrogen-bond donors (Lipinski definition) is 2. The largest absolute Gasteiger partial charge is 0.481 e. The van der Waals surface area contributed by atoms with E-state index in [9.17, 15) is 18.0 Å². The van der Waals surface area contributed by atoms with E-state index in [-0.39, 0.29) is 16.9 Å². The average Bonchev–Trinajstić information content (AvgIpc) is 2.74. The van der Waals surface area contributed by atoms with Crippen LogP contribution in [-0.2, 0) is 19.6 Å². The topological polar surface area (TPSA) is 110 Å². The van der Waals surface area contributed by atoms with Crippen LogP contribution in [0.3, 0.4) is 0 Å². The highest BCUT2D eigenvalue weighted by Crippen LogP contribution is 2.30. The van der Waals surface area contributed by atoms with Crippen LogP contribution in [0, 0.1) is 0 Å². The molecule has 1 atom stereocenters. The summed E-state index contributed by atoms with van der Waals surface area (Å²) in [6, 6.07) is 21.4. The zero-order valence-corrected chi connectivity index (χ0v) is 16.6. The Morgan fingerprint density at radius 3 is 2.17 bits per heavy atom. The predicted octanol–water partition coefficient (Wildman–Crippen LogP) is 3.47. The number of aldehydes is 1. The minimum atomic E-state index is -4.19. The molecular weight excluding hydrogens is 406 g/mol. The molecule has 30 heavy (non-hydrogen) atoms. The Kier molecular flexibility index (Phi) is 6.61. The third-order valence-electron chi connectivity index (χ3n) is 4.19. The molecule has 0 heterocycles. The van der Waals surface area contributed by atoms with Crippen LogP contribution in [0.15, 0.2) is 83.8 Å². The number of aliphatic carboxylic acids is 1. The first-order valence-electron chi connectivity index (χ1n) is 9.01. The number of benzene rings is 3. The van der Waals surface area contributed by atoms with E-state index in [4.69, 9.17) is 9.84 Å². The van der Waals surface area contributed by atoms with Crippen molar-refractivity contribution in [1.82, 2.24) is 4.72 Å². The summed E-state index contributed by atoms with van der Waals surface area (Å²) in [5, 5.41) is 8.82. The van der Waals surface area contributed by atoms with Gasteiger partial charge in [0, 0.05) is 0 Å². The minimum absolute atomic E-state index is 0.0532. The number of ether oxygens (including phenoxy) is 1. The van der Waals surface area contributed by atoms with E-state index in [1.54, 1.807) is 18.2 Å². The Balaban J connectivity index is 1.83. The number of carboxylic acids is 1. The van der Waals surface area contributed by atoms with Gasteiger partial charge in [0.05, 0.1) is 12.5 Å². The smallest absolute Gasteiger partial charge is 0.305 e. The van der Waals surface area contributed by atoms with E-state index in [0.29, 0.717) is 5.75 Å². The third kappa shape index (κ3) is 5.31. The van der Waals surface area contributed by atoms with Gasteiger partial charge in [-0.05, 0) is 35.4 Å². The molecule has 3 aromatic carbocycles. The lowest BCUT2D eigenvalue weighted by Crippen LogP contribution is -2.37. The molecular formula is C22H19NO6S. The van der Waals surface area contributed by atoms with Crippen LogP contribution in [0.5, 0.6) is 11.5 Å². The molecule has 0 aliphatic carbocycles. The lowest BCUT2D eigenvalue weighted by atomic mass is 10.1. The van der Waals surface area contributed by atoms with Crippen LogP contribution in [0.4, 0.5) is 0 Å². The quantitative estimate of drug-likeness (QED) is 0.508. The maximum absolute atomic E-state index is 12.7. The van der Waals surface area contributed by atoms with Crippen LogP contribution in [0.25, 0.3) is 11.1 Å². The van der Waals surface area contributed by atoms with Gasteiger partial charge in [0.25, 0.3) is 0 Å². The number of hydrogen-bond acceptors (Lipinski definition) is 5. The zero-order chi connectivity index (χ0) is 21.6. The molecule has 0 bridgehead atoms. The normalized spacial score (nSPS) is 12.1. The molecule has 8 heteroatoms. The molecule has 0 amide bonds. The predicted molar refractivity (Wildman–Crippen MR) is 111 cm³/mol. The van der Waals surface area contributed by atoms with Crippen molar-refractivity contribution in [2.75, 3.05) is 0 Å². The standard InChI is InChI=1S/C22H19NO6S/c24-15-18(14-22(25)26)23-30(27,28)21-9-5-4-8-20(21)29-19-12-10-17(11-13-19)16-6-2-1-3-7-16/h1-13,15,18,23H,14H2,(H,25,26)/t18-/m0/s1. The number of para-hydroxylation sites is 1. The molecule has 3 rings (SSSR count). The molecule has 0 aliphatic rings. The third-order valence-corrected chi connectivity index (χ3v) is 5.72. The Bertz CT molecular complexity index is 1130. The molecule has 0 radical (unpaired) electrons. The van der Waals surface area contributed by atoms with Gasteiger partial charge in [-0.1, -0.05) is 54.6 Å². The van der Waals surface area contributed by atoms with Crippen molar-refractivity contribution in [3.05, 3.63) is 78.9 Å². The molecule has 0 fully saturated rings. The van der Waals surface area contributed by atoms with Crippen molar-refractivity contribution in [3.63, 3.8) is 0 Å². The lowest BCUT2D eigenvalue weighted by Gasteiger charge is -2.15. The van der Waals surface area contributed by atoms with E-state index in [1.807, 2.05) is 42.5 Å². The maximum atomic E-state index is 12.7. The highest BCUT2D eigenvalue weighted by atomic mass is 32.2. The molecule has 2 N–H and O–H groups in total. The molecule has 154 valence electrons. The van der Waals surface area contributed by atoms with Crippen molar-refractivity contribution in [2.24, 2.45) is 0 Å². The summed E-state index contributed by atoms with van der Waals surface area (Å²) in [7, 11) is -4.19. The maximum Gasteiger partial charge on any atom is 0.305 e. The molecule has 0 unspecified atom stereocenters. The number of carbonyl (C=O) groups is 2. The summed E-state index contributed by atoms with van der Waals surface area (Å²) < 4.78 is 33.2. The van der Waals surface area contributed by atoms with Crippen molar-refractivity contribution in [1.29, 1.82) is 0 Å². The molecule has 0 saturated carbocycles. The second kappa shape index (κ2) is 9.34. The number of sulfonamides is 1. The summed E-state index contributed by atoms with van der Waals surface area (Å²) in [5.41, 5.74) is 2.02. The lowest BCUT2D eigenvalue weighted by molar-refractivity contribution is -0.138. The summed E-state index contributed by atoms with van der Waals surface area (Å²) in [4.78, 5) is 21.7. The van der Waals surface area contributed by atoms with Gasteiger partial charge >= 0.3 is 5.97 Å². The van der Waals surface area contributed by atoms with E-state index in [0.717, 1.165) is 11.1 Å². The number of carbonyl (C=O) groups excluding carboxylic acids is 1. The highest BCUT2D eigenvalue weighted by Gasteiger charge is 2.25. The fraction of sp³-hybridized carbons (Fsp3) is 0.0909. The molecule has 0 aromatic heterocycles. The second-order valence-corrected chi connectivity index (χ2v) is 8.08. The van der Waals surface area contributed by atoms with Gasteiger partial charge in [0.1, 0.15) is 22.7 Å². The minimum Gasteiger partial charge on any atom is -0.481 e. The number of nitrogens with one attached hydrogen (secondary N) is 1. The summed E-state index contributed by atoms with van der Waals surface area (Å²) in [6.45, 7) is 0. The first kappa shape index (κ1) is 21.2. The van der Waals surface area contributed by atoms with Gasteiger partial charge in [0.2, 0.25) is 10.0 Å². The first-order chi connectivity index (χ1) is 14.4. The van der Waals surface area contributed by atoms with Gasteiger partial charge < -0.3 is 14.6 Å². The Morgan fingerprint density at radius 2 is 1.53 bits per heavy atom.